The highest BCUT2D eigenvalue weighted by molar-refractivity contribution is 5.24. The molecular formula is C10H14N4. The van der Waals surface area contributed by atoms with Gasteiger partial charge < -0.3 is 0 Å². The van der Waals surface area contributed by atoms with Gasteiger partial charge in [0.1, 0.15) is 0 Å². The van der Waals surface area contributed by atoms with Crippen LogP contribution >= 0.6 is 0 Å². The summed E-state index contributed by atoms with van der Waals surface area (Å²) in [6.07, 6.45) is 6.89. The van der Waals surface area contributed by atoms with Crippen LogP contribution in [-0.4, -0.2) is 19.7 Å². The second-order valence-corrected chi connectivity index (χ2v) is 2.42. The van der Waals surface area contributed by atoms with Crippen LogP contribution in [0.25, 0.3) is 5.82 Å². The van der Waals surface area contributed by atoms with Gasteiger partial charge in [0.15, 0.2) is 5.82 Å². The molecule has 0 unspecified atom stereocenters. The van der Waals surface area contributed by atoms with Crippen molar-refractivity contribution in [3.8, 4) is 5.82 Å². The Morgan fingerprint density at radius 3 is 2.36 bits per heavy atom. The van der Waals surface area contributed by atoms with Crippen LogP contribution in [0.15, 0.2) is 30.9 Å². The lowest BCUT2D eigenvalue weighted by atomic mass is 10.4. The molecule has 0 bridgehead atoms. The Labute approximate surface area is 83.6 Å². The van der Waals surface area contributed by atoms with Crippen LogP contribution in [0.3, 0.4) is 0 Å². The Bertz CT molecular complexity index is 367. The maximum Gasteiger partial charge on any atom is 0.174 e. The first-order chi connectivity index (χ1) is 6.88. The third-order valence-corrected chi connectivity index (χ3v) is 1.58. The summed E-state index contributed by atoms with van der Waals surface area (Å²) < 4.78 is 1.70. The van der Waals surface area contributed by atoms with Gasteiger partial charge in [-0.1, -0.05) is 13.8 Å². The Morgan fingerprint density at radius 2 is 1.79 bits per heavy atom. The smallest absolute Gasteiger partial charge is 0.174 e. The number of hydrogen-bond acceptors (Lipinski definition) is 3. The number of hydrogen-bond donors (Lipinski definition) is 0. The van der Waals surface area contributed by atoms with E-state index < -0.39 is 0 Å². The lowest BCUT2D eigenvalue weighted by Crippen LogP contribution is -2.01. The van der Waals surface area contributed by atoms with Gasteiger partial charge >= 0.3 is 0 Å². The molecule has 0 saturated heterocycles. The third-order valence-electron chi connectivity index (χ3n) is 1.58. The van der Waals surface area contributed by atoms with E-state index >= 15 is 0 Å². The summed E-state index contributed by atoms with van der Waals surface area (Å²) >= 11 is 0. The minimum atomic E-state index is 0.780. The fraction of sp³-hybridized carbons (Fsp3) is 0.300. The molecule has 0 saturated carbocycles. The molecule has 2 rings (SSSR count). The second-order valence-electron chi connectivity index (χ2n) is 2.42. The zero-order valence-corrected chi connectivity index (χ0v) is 8.68. The summed E-state index contributed by atoms with van der Waals surface area (Å²) in [6.45, 7) is 5.91. The molecule has 4 heteroatoms. The Kier molecular flexibility index (Phi) is 3.79. The summed E-state index contributed by atoms with van der Waals surface area (Å²) in [7, 11) is 0. The number of aryl methyl sites for hydroxylation is 1. The molecule has 0 aliphatic carbocycles. The zero-order chi connectivity index (χ0) is 10.4. The van der Waals surface area contributed by atoms with Crippen LogP contribution in [0.4, 0.5) is 0 Å². The first-order valence-corrected chi connectivity index (χ1v) is 4.65. The molecule has 0 aromatic carbocycles. The highest BCUT2D eigenvalue weighted by atomic mass is 15.3. The summed E-state index contributed by atoms with van der Waals surface area (Å²) in [5.41, 5.74) is 0.876. The first-order valence-electron chi connectivity index (χ1n) is 4.65. The summed E-state index contributed by atoms with van der Waals surface area (Å²) in [6, 6.07) is 1.86. The summed E-state index contributed by atoms with van der Waals surface area (Å²) in [5, 5.41) is 4.06. The van der Waals surface area contributed by atoms with Gasteiger partial charge in [-0.3, -0.25) is 4.98 Å². The maximum atomic E-state index is 4.16. The van der Waals surface area contributed by atoms with E-state index in [0.717, 1.165) is 11.5 Å². The summed E-state index contributed by atoms with van der Waals surface area (Å²) in [5.74, 6) is 0.780. The lowest BCUT2D eigenvalue weighted by Gasteiger charge is -2.01. The molecule has 0 atom stereocenters. The van der Waals surface area contributed by atoms with E-state index in [-0.39, 0.29) is 0 Å². The van der Waals surface area contributed by atoms with Gasteiger partial charge in [-0.25, -0.2) is 9.67 Å². The first kappa shape index (κ1) is 10.4. The maximum absolute atomic E-state index is 4.16. The van der Waals surface area contributed by atoms with Gasteiger partial charge in [0, 0.05) is 24.8 Å². The Hall–Kier alpha value is -1.71. The van der Waals surface area contributed by atoms with Gasteiger partial charge in [0.05, 0.1) is 5.69 Å². The molecule has 0 radical (unpaired) electrons. The van der Waals surface area contributed by atoms with Crippen molar-refractivity contribution in [3.63, 3.8) is 0 Å². The molecule has 2 aromatic heterocycles. The Morgan fingerprint density at radius 1 is 1.07 bits per heavy atom. The van der Waals surface area contributed by atoms with Crippen LogP contribution in [0.1, 0.15) is 19.5 Å². The van der Waals surface area contributed by atoms with Crippen molar-refractivity contribution in [2.24, 2.45) is 0 Å². The quantitative estimate of drug-likeness (QED) is 0.690. The van der Waals surface area contributed by atoms with Crippen molar-refractivity contribution >= 4 is 0 Å². The molecule has 0 N–H and O–H groups in total. The largest absolute Gasteiger partial charge is 0.256 e. The molecule has 0 spiro atoms. The fourth-order valence-electron chi connectivity index (χ4n) is 1.02. The van der Waals surface area contributed by atoms with Crippen molar-refractivity contribution in [1.82, 2.24) is 19.7 Å². The van der Waals surface area contributed by atoms with Crippen LogP contribution in [0.2, 0.25) is 0 Å². The van der Waals surface area contributed by atoms with Crippen molar-refractivity contribution < 1.29 is 0 Å². The van der Waals surface area contributed by atoms with Gasteiger partial charge in [-0.05, 0) is 13.0 Å². The third kappa shape index (κ3) is 2.16. The molecule has 74 valence electrons. The van der Waals surface area contributed by atoms with Crippen LogP contribution < -0.4 is 0 Å². The van der Waals surface area contributed by atoms with E-state index in [2.05, 4.69) is 15.1 Å². The van der Waals surface area contributed by atoms with Gasteiger partial charge in [0.25, 0.3) is 0 Å². The van der Waals surface area contributed by atoms with Crippen molar-refractivity contribution in [1.29, 1.82) is 0 Å². The van der Waals surface area contributed by atoms with E-state index in [9.17, 15) is 0 Å². The monoisotopic (exact) mass is 190 g/mol. The van der Waals surface area contributed by atoms with Crippen LogP contribution in [0, 0.1) is 6.92 Å². The second kappa shape index (κ2) is 5.11. The van der Waals surface area contributed by atoms with Crippen molar-refractivity contribution in [2.45, 2.75) is 20.8 Å². The summed E-state index contributed by atoms with van der Waals surface area (Å²) in [4.78, 5) is 8.27. The minimum Gasteiger partial charge on any atom is -0.256 e. The molecule has 4 nitrogen and oxygen atoms in total. The number of rotatable bonds is 1. The number of aromatic nitrogens is 4. The molecule has 0 aliphatic heterocycles. The predicted octanol–water partition coefficient (Wildman–Crippen LogP) is 2.00. The van der Waals surface area contributed by atoms with Crippen molar-refractivity contribution in [2.75, 3.05) is 0 Å². The molecule has 14 heavy (non-hydrogen) atoms. The van der Waals surface area contributed by atoms with Gasteiger partial charge in [0.2, 0.25) is 0 Å². The molecule has 2 aromatic rings. The topological polar surface area (TPSA) is 43.6 Å². The SMILES string of the molecule is CC.Cc1nccnc1-n1cccn1. The zero-order valence-electron chi connectivity index (χ0n) is 8.68. The fourth-order valence-corrected chi connectivity index (χ4v) is 1.02. The van der Waals surface area contributed by atoms with Crippen LogP contribution in [0.5, 0.6) is 0 Å². The van der Waals surface area contributed by atoms with Crippen LogP contribution in [-0.2, 0) is 0 Å². The normalized spacial score (nSPS) is 9.07. The van der Waals surface area contributed by atoms with E-state index in [4.69, 9.17) is 0 Å². The average Bonchev–Trinajstić information content (AvgIpc) is 2.75. The molecule has 0 amide bonds. The van der Waals surface area contributed by atoms with E-state index in [1.165, 1.54) is 0 Å². The molecule has 0 fully saturated rings. The highest BCUT2D eigenvalue weighted by Gasteiger charge is 2.00. The molecular weight excluding hydrogens is 176 g/mol. The van der Waals surface area contributed by atoms with Gasteiger partial charge in [-0.2, -0.15) is 5.10 Å². The highest BCUT2D eigenvalue weighted by Crippen LogP contribution is 2.04. The van der Waals surface area contributed by atoms with Gasteiger partial charge in [-0.15, -0.1) is 0 Å². The van der Waals surface area contributed by atoms with E-state index in [1.807, 2.05) is 33.0 Å². The molecule has 0 aliphatic rings. The number of nitrogens with zero attached hydrogens (tertiary/aromatic N) is 4. The predicted molar refractivity (Wildman–Crippen MR) is 55.2 cm³/mol. The average molecular weight is 190 g/mol. The Balaban J connectivity index is 0.000000461. The minimum absolute atomic E-state index is 0.780. The standard InChI is InChI=1S/C8H8N4.C2H6/c1-7-8(10-5-4-9-7)12-6-2-3-11-12;1-2/h2-6H,1H3;1-2H3. The lowest BCUT2D eigenvalue weighted by molar-refractivity contribution is 0.824. The van der Waals surface area contributed by atoms with Crippen molar-refractivity contribution in [3.05, 3.63) is 36.5 Å². The van der Waals surface area contributed by atoms with E-state index in [1.54, 1.807) is 23.3 Å². The molecule has 2 heterocycles. The van der Waals surface area contributed by atoms with E-state index in [0.29, 0.717) is 0 Å².